The summed E-state index contributed by atoms with van der Waals surface area (Å²) >= 11 is 3.52. The van der Waals surface area contributed by atoms with Gasteiger partial charge in [-0.05, 0) is 42.2 Å². The Bertz CT molecular complexity index is 802. The topological polar surface area (TPSA) is 55.8 Å². The Morgan fingerprint density at radius 3 is 2.96 bits per heavy atom. The van der Waals surface area contributed by atoms with Gasteiger partial charge in [-0.15, -0.1) is 0 Å². The summed E-state index contributed by atoms with van der Waals surface area (Å²) in [5, 5.41) is 8.98. The van der Waals surface area contributed by atoms with E-state index in [-0.39, 0.29) is 18.4 Å². The number of carbonyl (C=O) groups is 1. The molecule has 4 rings (SSSR count). The highest BCUT2D eigenvalue weighted by Crippen LogP contribution is 2.41. The third-order valence-corrected chi connectivity index (χ3v) is 5.19. The Kier molecular flexibility index (Phi) is 3.96. The molecule has 0 saturated heterocycles. The summed E-state index contributed by atoms with van der Waals surface area (Å²) in [5.41, 5.74) is 3.52. The number of aliphatic carboxylic acids is 1. The number of hydrogen-bond acceptors (Lipinski definition) is 3. The maximum Gasteiger partial charge on any atom is 0.304 e. The van der Waals surface area contributed by atoms with Crippen molar-refractivity contribution in [2.75, 3.05) is 6.61 Å². The highest BCUT2D eigenvalue weighted by atomic mass is 79.9. The van der Waals surface area contributed by atoms with E-state index < -0.39 is 5.97 Å². The van der Waals surface area contributed by atoms with Crippen LogP contribution in [-0.2, 0) is 11.2 Å². The van der Waals surface area contributed by atoms with E-state index in [1.165, 1.54) is 11.1 Å². The van der Waals surface area contributed by atoms with E-state index in [9.17, 15) is 4.79 Å². The first kappa shape index (κ1) is 15.5. The maximum atomic E-state index is 10.9. The Balaban J connectivity index is 1.54. The summed E-state index contributed by atoms with van der Waals surface area (Å²) in [5.74, 6) is 0.633. The molecule has 124 valence electrons. The molecule has 24 heavy (non-hydrogen) atoms. The van der Waals surface area contributed by atoms with Gasteiger partial charge in [-0.25, -0.2) is 0 Å². The zero-order valence-electron chi connectivity index (χ0n) is 13.0. The summed E-state index contributed by atoms with van der Waals surface area (Å²) in [4.78, 5) is 10.9. The Labute approximate surface area is 148 Å². The van der Waals surface area contributed by atoms with Crippen molar-refractivity contribution in [1.82, 2.24) is 0 Å². The van der Waals surface area contributed by atoms with Crippen LogP contribution < -0.4 is 9.47 Å². The molecule has 2 aliphatic rings. The van der Waals surface area contributed by atoms with Gasteiger partial charge in [0.05, 0.1) is 13.0 Å². The minimum absolute atomic E-state index is 0.0479. The normalized spacial score (nSPS) is 21.0. The molecule has 0 saturated carbocycles. The Hall–Kier alpha value is -2.01. The number of benzene rings is 2. The molecule has 0 spiro atoms. The van der Waals surface area contributed by atoms with Crippen LogP contribution in [0.25, 0.3) is 0 Å². The van der Waals surface area contributed by atoms with Crippen molar-refractivity contribution < 1.29 is 19.4 Å². The lowest BCUT2D eigenvalue weighted by Gasteiger charge is -2.16. The van der Waals surface area contributed by atoms with Gasteiger partial charge in [0, 0.05) is 22.0 Å². The third kappa shape index (κ3) is 2.88. The Morgan fingerprint density at radius 2 is 2.12 bits per heavy atom. The van der Waals surface area contributed by atoms with Crippen LogP contribution in [-0.4, -0.2) is 17.7 Å². The van der Waals surface area contributed by atoms with E-state index in [0.29, 0.717) is 6.61 Å². The molecule has 0 amide bonds. The quantitative estimate of drug-likeness (QED) is 0.839. The number of rotatable bonds is 4. The van der Waals surface area contributed by atoms with Gasteiger partial charge in [0.25, 0.3) is 0 Å². The van der Waals surface area contributed by atoms with E-state index in [0.717, 1.165) is 34.4 Å². The predicted octanol–water partition coefficient (Wildman–Crippen LogP) is 4.47. The van der Waals surface area contributed by atoms with Crippen molar-refractivity contribution in [1.29, 1.82) is 0 Å². The Morgan fingerprint density at radius 1 is 1.25 bits per heavy atom. The third-order valence-electron chi connectivity index (χ3n) is 4.69. The van der Waals surface area contributed by atoms with Crippen LogP contribution in [0.15, 0.2) is 40.9 Å². The van der Waals surface area contributed by atoms with Crippen LogP contribution in [0.5, 0.6) is 11.5 Å². The monoisotopic (exact) mass is 388 g/mol. The summed E-state index contributed by atoms with van der Waals surface area (Å²) in [6, 6.07) is 12.1. The van der Waals surface area contributed by atoms with E-state index in [1.54, 1.807) is 0 Å². The standard InChI is InChI=1S/C19H17BrO4/c20-13-3-1-11-2-6-17(16(11)8-13)24-14-4-5-15-12(7-19(21)22)10-23-18(15)9-14/h1,3-5,8-9,12,17H,2,6-7,10H2,(H,21,22)/t12-,17+/m1/s1. The fourth-order valence-corrected chi connectivity index (χ4v) is 3.91. The average molecular weight is 389 g/mol. The number of halogens is 1. The molecule has 5 heteroatoms. The molecule has 0 aromatic heterocycles. The first-order valence-electron chi connectivity index (χ1n) is 8.03. The minimum atomic E-state index is -0.801. The fourth-order valence-electron chi connectivity index (χ4n) is 3.53. The number of carboxylic acids is 1. The zero-order chi connectivity index (χ0) is 16.7. The zero-order valence-corrected chi connectivity index (χ0v) is 14.6. The molecule has 2 atom stereocenters. The highest BCUT2D eigenvalue weighted by molar-refractivity contribution is 9.10. The number of hydrogen-bond donors (Lipinski definition) is 1. The molecule has 0 unspecified atom stereocenters. The van der Waals surface area contributed by atoms with Crippen molar-refractivity contribution in [2.24, 2.45) is 0 Å². The number of ether oxygens (including phenoxy) is 2. The van der Waals surface area contributed by atoms with Crippen LogP contribution in [0.1, 0.15) is 41.6 Å². The van der Waals surface area contributed by atoms with E-state index in [2.05, 4.69) is 34.1 Å². The van der Waals surface area contributed by atoms with Crippen LogP contribution in [0.3, 0.4) is 0 Å². The van der Waals surface area contributed by atoms with E-state index in [4.69, 9.17) is 14.6 Å². The molecule has 1 heterocycles. The summed E-state index contributed by atoms with van der Waals surface area (Å²) in [6.45, 7) is 0.421. The molecule has 0 fully saturated rings. The molecule has 2 aromatic rings. The molecular formula is C19H17BrO4. The number of fused-ring (bicyclic) bond motifs is 2. The molecule has 1 N–H and O–H groups in total. The average Bonchev–Trinajstić information content (AvgIpc) is 3.11. The van der Waals surface area contributed by atoms with Crippen LogP contribution >= 0.6 is 15.9 Å². The smallest absolute Gasteiger partial charge is 0.304 e. The van der Waals surface area contributed by atoms with Crippen molar-refractivity contribution in [3.63, 3.8) is 0 Å². The molecular weight excluding hydrogens is 372 g/mol. The maximum absolute atomic E-state index is 10.9. The van der Waals surface area contributed by atoms with Crippen LogP contribution in [0.2, 0.25) is 0 Å². The van der Waals surface area contributed by atoms with Gasteiger partial charge in [-0.3, -0.25) is 4.79 Å². The lowest BCUT2D eigenvalue weighted by atomic mass is 9.98. The van der Waals surface area contributed by atoms with Crippen molar-refractivity contribution in [3.05, 3.63) is 57.6 Å². The molecule has 2 aromatic carbocycles. The van der Waals surface area contributed by atoms with Gasteiger partial charge in [0.15, 0.2) is 0 Å². The number of carboxylic acid groups (broad SMARTS) is 1. The lowest BCUT2D eigenvalue weighted by Crippen LogP contribution is -2.07. The van der Waals surface area contributed by atoms with Crippen molar-refractivity contribution >= 4 is 21.9 Å². The van der Waals surface area contributed by atoms with Gasteiger partial charge in [0.1, 0.15) is 17.6 Å². The van der Waals surface area contributed by atoms with Crippen molar-refractivity contribution in [2.45, 2.75) is 31.3 Å². The van der Waals surface area contributed by atoms with E-state index >= 15 is 0 Å². The predicted molar refractivity (Wildman–Crippen MR) is 92.8 cm³/mol. The summed E-state index contributed by atoms with van der Waals surface area (Å²) in [7, 11) is 0. The van der Waals surface area contributed by atoms with E-state index in [1.807, 2.05) is 18.2 Å². The molecule has 4 nitrogen and oxygen atoms in total. The van der Waals surface area contributed by atoms with Gasteiger partial charge >= 0.3 is 5.97 Å². The summed E-state index contributed by atoms with van der Waals surface area (Å²) < 4.78 is 12.9. The fraction of sp³-hybridized carbons (Fsp3) is 0.316. The highest BCUT2D eigenvalue weighted by Gasteiger charge is 2.28. The number of aryl methyl sites for hydroxylation is 1. The largest absolute Gasteiger partial charge is 0.492 e. The van der Waals surface area contributed by atoms with Gasteiger partial charge < -0.3 is 14.6 Å². The van der Waals surface area contributed by atoms with Gasteiger partial charge in [-0.1, -0.05) is 28.1 Å². The lowest BCUT2D eigenvalue weighted by molar-refractivity contribution is -0.137. The van der Waals surface area contributed by atoms with Crippen LogP contribution in [0.4, 0.5) is 0 Å². The molecule has 0 bridgehead atoms. The van der Waals surface area contributed by atoms with Crippen LogP contribution in [0, 0.1) is 0 Å². The molecule has 0 radical (unpaired) electrons. The minimum Gasteiger partial charge on any atom is -0.492 e. The first-order valence-corrected chi connectivity index (χ1v) is 8.83. The summed E-state index contributed by atoms with van der Waals surface area (Å²) in [6.07, 6.45) is 2.13. The second kappa shape index (κ2) is 6.13. The second-order valence-corrected chi connectivity index (χ2v) is 7.21. The molecule has 1 aliphatic carbocycles. The first-order chi connectivity index (χ1) is 11.6. The molecule has 1 aliphatic heterocycles. The second-order valence-electron chi connectivity index (χ2n) is 6.29. The van der Waals surface area contributed by atoms with Gasteiger partial charge in [0.2, 0.25) is 0 Å². The van der Waals surface area contributed by atoms with Crippen molar-refractivity contribution in [3.8, 4) is 11.5 Å². The SMILES string of the molecule is O=C(O)C[C@@H]1COc2cc(O[C@H]3CCc4ccc(Br)cc43)ccc21. The van der Waals surface area contributed by atoms with Gasteiger partial charge in [-0.2, -0.15) is 0 Å².